The first-order valence-electron chi connectivity index (χ1n) is 5.90. The first kappa shape index (κ1) is 13.9. The van der Waals surface area contributed by atoms with E-state index in [1.165, 1.54) is 16.9 Å². The number of carbonyl (C=O) groups is 1. The van der Waals surface area contributed by atoms with Crippen molar-refractivity contribution in [3.05, 3.63) is 24.3 Å². The maximum Gasteiger partial charge on any atom is 0.344 e. The third-order valence-electron chi connectivity index (χ3n) is 2.33. The number of esters is 1. The number of hydrogen-bond donors (Lipinski definition) is 0. The maximum atomic E-state index is 13.1. The minimum Gasteiger partial charge on any atom is -0.463 e. The van der Waals surface area contributed by atoms with E-state index in [0.29, 0.717) is 11.4 Å². The molecule has 8 heteroatoms. The van der Waals surface area contributed by atoms with E-state index in [1.54, 1.807) is 14.0 Å². The van der Waals surface area contributed by atoms with Crippen LogP contribution in [-0.4, -0.2) is 38.9 Å². The SMILES string of the molecule is CCOC(=O)COc1nc(-c2cncc(F)c2)n(C)n1. The summed E-state index contributed by atoms with van der Waals surface area (Å²) in [4.78, 5) is 19.0. The molecule has 0 saturated heterocycles. The molecule has 7 nitrogen and oxygen atoms in total. The molecule has 0 unspecified atom stereocenters. The Kier molecular flexibility index (Phi) is 4.24. The van der Waals surface area contributed by atoms with Crippen molar-refractivity contribution in [2.45, 2.75) is 6.92 Å². The van der Waals surface area contributed by atoms with Gasteiger partial charge in [0.05, 0.1) is 12.8 Å². The van der Waals surface area contributed by atoms with Crippen molar-refractivity contribution in [3.8, 4) is 17.4 Å². The Bertz CT molecular complexity index is 614. The quantitative estimate of drug-likeness (QED) is 0.759. The first-order valence-corrected chi connectivity index (χ1v) is 5.90. The Morgan fingerprint density at radius 1 is 1.45 bits per heavy atom. The van der Waals surface area contributed by atoms with Gasteiger partial charge in [-0.15, -0.1) is 5.10 Å². The van der Waals surface area contributed by atoms with Crippen LogP contribution >= 0.6 is 0 Å². The van der Waals surface area contributed by atoms with E-state index in [0.717, 1.165) is 6.20 Å². The second-order valence-electron chi connectivity index (χ2n) is 3.83. The number of hydrogen-bond acceptors (Lipinski definition) is 6. The fraction of sp³-hybridized carbons (Fsp3) is 0.333. The van der Waals surface area contributed by atoms with Crippen LogP contribution in [-0.2, 0) is 16.6 Å². The van der Waals surface area contributed by atoms with Crippen LogP contribution in [0.2, 0.25) is 0 Å². The molecule has 0 amide bonds. The molecule has 0 spiro atoms. The number of aryl methyl sites for hydroxylation is 1. The van der Waals surface area contributed by atoms with Gasteiger partial charge in [0.25, 0.3) is 0 Å². The van der Waals surface area contributed by atoms with Crippen LogP contribution < -0.4 is 4.74 Å². The summed E-state index contributed by atoms with van der Waals surface area (Å²) < 4.78 is 24.3. The Balaban J connectivity index is 2.12. The standard InChI is InChI=1S/C12H13FN4O3/c1-3-19-10(18)7-20-12-15-11(17(2)16-12)8-4-9(13)6-14-5-8/h4-6H,3,7H2,1-2H3. The summed E-state index contributed by atoms with van der Waals surface area (Å²) in [5.74, 6) is -0.593. The van der Waals surface area contributed by atoms with Gasteiger partial charge >= 0.3 is 12.0 Å². The van der Waals surface area contributed by atoms with Crippen LogP contribution in [0.1, 0.15) is 6.92 Å². The highest BCUT2D eigenvalue weighted by Crippen LogP contribution is 2.18. The van der Waals surface area contributed by atoms with E-state index in [9.17, 15) is 9.18 Å². The van der Waals surface area contributed by atoms with Crippen LogP contribution in [0.3, 0.4) is 0 Å². The van der Waals surface area contributed by atoms with Gasteiger partial charge in [-0.25, -0.2) is 13.9 Å². The normalized spacial score (nSPS) is 10.3. The highest BCUT2D eigenvalue weighted by Gasteiger charge is 2.13. The molecule has 0 saturated carbocycles. The second kappa shape index (κ2) is 6.09. The molecule has 0 atom stereocenters. The lowest BCUT2D eigenvalue weighted by molar-refractivity contribution is -0.145. The number of nitrogens with zero attached hydrogens (tertiary/aromatic N) is 4. The first-order chi connectivity index (χ1) is 9.60. The van der Waals surface area contributed by atoms with E-state index in [2.05, 4.69) is 15.1 Å². The molecule has 0 aliphatic heterocycles. The largest absolute Gasteiger partial charge is 0.463 e. The van der Waals surface area contributed by atoms with Crippen molar-refractivity contribution >= 4 is 5.97 Å². The number of halogens is 1. The molecule has 2 heterocycles. The summed E-state index contributed by atoms with van der Waals surface area (Å²) in [6, 6.07) is 1.30. The smallest absolute Gasteiger partial charge is 0.344 e. The molecule has 2 aromatic rings. The van der Waals surface area contributed by atoms with Gasteiger partial charge < -0.3 is 9.47 Å². The second-order valence-corrected chi connectivity index (χ2v) is 3.83. The summed E-state index contributed by atoms with van der Waals surface area (Å²) >= 11 is 0. The zero-order valence-corrected chi connectivity index (χ0v) is 11.0. The molecular formula is C12H13FN4O3. The predicted octanol–water partition coefficient (Wildman–Crippen LogP) is 0.958. The van der Waals surface area contributed by atoms with E-state index in [1.807, 2.05) is 0 Å². The van der Waals surface area contributed by atoms with Crippen molar-refractivity contribution in [2.75, 3.05) is 13.2 Å². The summed E-state index contributed by atoms with van der Waals surface area (Å²) in [7, 11) is 1.63. The lowest BCUT2D eigenvalue weighted by Crippen LogP contribution is -2.15. The molecular weight excluding hydrogens is 267 g/mol. The van der Waals surface area contributed by atoms with E-state index in [-0.39, 0.29) is 19.2 Å². The van der Waals surface area contributed by atoms with Gasteiger partial charge in [-0.3, -0.25) is 4.98 Å². The molecule has 106 valence electrons. The lowest BCUT2D eigenvalue weighted by atomic mass is 10.3. The molecule has 20 heavy (non-hydrogen) atoms. The molecule has 0 aliphatic rings. The molecule has 0 radical (unpaired) electrons. The van der Waals surface area contributed by atoms with Gasteiger partial charge in [-0.1, -0.05) is 0 Å². The van der Waals surface area contributed by atoms with Crippen molar-refractivity contribution < 1.29 is 18.7 Å². The van der Waals surface area contributed by atoms with E-state index >= 15 is 0 Å². The summed E-state index contributed by atoms with van der Waals surface area (Å²) in [5.41, 5.74) is 0.464. The highest BCUT2D eigenvalue weighted by molar-refractivity contribution is 5.70. The van der Waals surface area contributed by atoms with Gasteiger partial charge in [0.2, 0.25) is 0 Å². The zero-order valence-electron chi connectivity index (χ0n) is 11.0. The van der Waals surface area contributed by atoms with Gasteiger partial charge in [-0.2, -0.15) is 4.98 Å². The fourth-order valence-electron chi connectivity index (χ4n) is 1.53. The highest BCUT2D eigenvalue weighted by atomic mass is 19.1. The minimum absolute atomic E-state index is 0.0137. The molecule has 0 fully saturated rings. The third kappa shape index (κ3) is 3.28. The predicted molar refractivity (Wildman–Crippen MR) is 66.3 cm³/mol. The minimum atomic E-state index is -0.506. The molecule has 2 rings (SSSR count). The average molecular weight is 280 g/mol. The van der Waals surface area contributed by atoms with Crippen LogP contribution in [0.15, 0.2) is 18.5 Å². The molecule has 2 aromatic heterocycles. The maximum absolute atomic E-state index is 13.1. The zero-order chi connectivity index (χ0) is 14.5. The summed E-state index contributed by atoms with van der Waals surface area (Å²) in [6.45, 7) is 1.70. The molecule has 0 aliphatic carbocycles. The van der Waals surface area contributed by atoms with E-state index in [4.69, 9.17) is 9.47 Å². The Labute approximate surface area is 114 Å². The van der Waals surface area contributed by atoms with E-state index < -0.39 is 11.8 Å². The molecule has 0 bridgehead atoms. The van der Waals surface area contributed by atoms with Gasteiger partial charge in [0.1, 0.15) is 5.82 Å². The van der Waals surface area contributed by atoms with Gasteiger partial charge in [0.15, 0.2) is 12.4 Å². The molecule has 0 N–H and O–H groups in total. The monoisotopic (exact) mass is 280 g/mol. The lowest BCUT2D eigenvalue weighted by Gasteiger charge is -2.00. The van der Waals surface area contributed by atoms with Crippen LogP contribution in [0.25, 0.3) is 11.4 Å². The van der Waals surface area contributed by atoms with Crippen LogP contribution in [0, 0.1) is 5.82 Å². The summed E-state index contributed by atoms with van der Waals surface area (Å²) in [5, 5.41) is 3.97. The van der Waals surface area contributed by atoms with Crippen molar-refractivity contribution in [1.82, 2.24) is 19.7 Å². The number of pyridine rings is 1. The van der Waals surface area contributed by atoms with Crippen LogP contribution in [0.5, 0.6) is 6.01 Å². The number of rotatable bonds is 5. The fourth-order valence-corrected chi connectivity index (χ4v) is 1.53. The van der Waals surface area contributed by atoms with Gasteiger partial charge in [-0.05, 0) is 13.0 Å². The topological polar surface area (TPSA) is 79.1 Å². The van der Waals surface area contributed by atoms with Crippen molar-refractivity contribution in [1.29, 1.82) is 0 Å². The Morgan fingerprint density at radius 2 is 2.25 bits per heavy atom. The third-order valence-corrected chi connectivity index (χ3v) is 2.33. The van der Waals surface area contributed by atoms with Gasteiger partial charge in [0, 0.05) is 18.8 Å². The van der Waals surface area contributed by atoms with Crippen molar-refractivity contribution in [2.24, 2.45) is 7.05 Å². The Morgan fingerprint density at radius 3 is 2.95 bits per heavy atom. The average Bonchev–Trinajstić information content (AvgIpc) is 2.78. The van der Waals surface area contributed by atoms with Crippen molar-refractivity contribution in [3.63, 3.8) is 0 Å². The number of ether oxygens (including phenoxy) is 2. The number of carbonyl (C=O) groups excluding carboxylic acids is 1. The number of aromatic nitrogens is 4. The summed E-state index contributed by atoms with van der Waals surface area (Å²) in [6.07, 6.45) is 2.56. The molecule has 0 aromatic carbocycles. The Hall–Kier alpha value is -2.51. The van der Waals surface area contributed by atoms with Crippen LogP contribution in [0.4, 0.5) is 4.39 Å².